The molecule has 2 heterocycles. The molecule has 0 spiro atoms. The lowest BCUT2D eigenvalue weighted by molar-refractivity contribution is -0.144. The molecule has 0 radical (unpaired) electrons. The van der Waals surface area contributed by atoms with Gasteiger partial charge in [-0.3, -0.25) is 4.79 Å². The van der Waals surface area contributed by atoms with E-state index in [0.717, 1.165) is 31.4 Å². The maximum absolute atomic E-state index is 13.5. The molecule has 7 heteroatoms. The van der Waals surface area contributed by atoms with Gasteiger partial charge < -0.3 is 13.9 Å². The van der Waals surface area contributed by atoms with E-state index in [1.807, 2.05) is 25.1 Å². The summed E-state index contributed by atoms with van der Waals surface area (Å²) >= 11 is 6.11. The zero-order chi connectivity index (χ0) is 21.8. The van der Waals surface area contributed by atoms with Gasteiger partial charge in [0.25, 0.3) is 6.01 Å². The minimum atomic E-state index is -0.678. The van der Waals surface area contributed by atoms with Gasteiger partial charge in [0.15, 0.2) is 0 Å². The lowest BCUT2D eigenvalue weighted by Crippen LogP contribution is -2.18. The van der Waals surface area contributed by atoms with E-state index in [0.29, 0.717) is 52.3 Å². The molecule has 3 aromatic rings. The fourth-order valence-corrected chi connectivity index (χ4v) is 4.44. The Bertz CT molecular complexity index is 1060. The highest BCUT2D eigenvalue weighted by Gasteiger charge is 2.25. The van der Waals surface area contributed by atoms with Crippen LogP contribution in [0.1, 0.15) is 56.2 Å². The van der Waals surface area contributed by atoms with Crippen LogP contribution < -0.4 is 4.74 Å². The summed E-state index contributed by atoms with van der Waals surface area (Å²) in [6.45, 7) is 2.46. The van der Waals surface area contributed by atoms with Gasteiger partial charge in [0, 0.05) is 41.1 Å². The van der Waals surface area contributed by atoms with Crippen molar-refractivity contribution in [1.29, 1.82) is 0 Å². The van der Waals surface area contributed by atoms with Crippen molar-refractivity contribution in [2.75, 3.05) is 6.61 Å². The Kier molecular flexibility index (Phi) is 6.76. The Morgan fingerprint density at radius 2 is 2.03 bits per heavy atom. The molecule has 0 unspecified atom stereocenters. The van der Waals surface area contributed by atoms with Crippen molar-refractivity contribution < 1.29 is 23.1 Å². The molecule has 0 N–H and O–H groups in total. The number of esters is 1. The topological polar surface area (TPSA) is 61.6 Å². The van der Waals surface area contributed by atoms with Crippen LogP contribution >= 0.6 is 11.6 Å². The number of benzene rings is 1. The first-order valence-electron chi connectivity index (χ1n) is 10.6. The fourth-order valence-electron chi connectivity index (χ4n) is 4.24. The van der Waals surface area contributed by atoms with Gasteiger partial charge in [-0.05, 0) is 50.7 Å². The second-order valence-electron chi connectivity index (χ2n) is 7.92. The standard InChI is InChI=1S/C24H25ClFNO4/c1-2-29-23(28)12-15-6-8-16(9-7-15)20-4-3-5-22(27-20)30-14-17-10-11-19(25)18-13-21(26)31-24(17)18/h3-5,10-11,13,15-16H,2,6-9,12,14H2,1H3. The van der Waals surface area contributed by atoms with Gasteiger partial charge in [0.1, 0.15) is 12.2 Å². The number of hydrogen-bond donors (Lipinski definition) is 0. The number of fused-ring (bicyclic) bond motifs is 1. The van der Waals surface area contributed by atoms with Gasteiger partial charge in [-0.1, -0.05) is 23.7 Å². The van der Waals surface area contributed by atoms with Gasteiger partial charge in [0.05, 0.1) is 11.6 Å². The molecule has 2 aromatic heterocycles. The summed E-state index contributed by atoms with van der Waals surface area (Å²) in [4.78, 5) is 16.4. The molecular formula is C24H25ClFNO4. The first-order chi connectivity index (χ1) is 15.0. The van der Waals surface area contributed by atoms with Crippen molar-refractivity contribution in [3.8, 4) is 5.88 Å². The van der Waals surface area contributed by atoms with Gasteiger partial charge in [-0.15, -0.1) is 0 Å². The maximum Gasteiger partial charge on any atom is 0.306 e. The van der Waals surface area contributed by atoms with Crippen LogP contribution in [0, 0.1) is 11.9 Å². The van der Waals surface area contributed by atoms with E-state index >= 15 is 0 Å². The zero-order valence-corrected chi connectivity index (χ0v) is 18.2. The van der Waals surface area contributed by atoms with Crippen molar-refractivity contribution in [3.63, 3.8) is 0 Å². The van der Waals surface area contributed by atoms with Gasteiger partial charge in [-0.2, -0.15) is 4.39 Å². The molecule has 1 saturated carbocycles. The second-order valence-corrected chi connectivity index (χ2v) is 8.32. The highest BCUT2D eigenvalue weighted by molar-refractivity contribution is 6.35. The van der Waals surface area contributed by atoms with Crippen molar-refractivity contribution in [2.24, 2.45) is 5.92 Å². The van der Waals surface area contributed by atoms with Crippen molar-refractivity contribution in [1.82, 2.24) is 4.98 Å². The van der Waals surface area contributed by atoms with Crippen LogP contribution in [0.2, 0.25) is 5.02 Å². The molecule has 1 aliphatic rings. The third kappa shape index (κ3) is 5.18. The molecule has 5 nitrogen and oxygen atoms in total. The molecule has 1 aromatic carbocycles. The van der Waals surface area contributed by atoms with Crippen LogP contribution in [0.5, 0.6) is 5.88 Å². The quantitative estimate of drug-likeness (QED) is 0.392. The number of halogens is 2. The summed E-state index contributed by atoms with van der Waals surface area (Å²) in [5.41, 5.74) is 2.09. The number of hydrogen-bond acceptors (Lipinski definition) is 5. The van der Waals surface area contributed by atoms with E-state index in [-0.39, 0.29) is 12.6 Å². The average molecular weight is 446 g/mol. The molecule has 4 rings (SSSR count). The van der Waals surface area contributed by atoms with Crippen LogP contribution in [-0.2, 0) is 16.1 Å². The van der Waals surface area contributed by atoms with E-state index in [4.69, 9.17) is 25.5 Å². The van der Waals surface area contributed by atoms with E-state index in [1.54, 1.807) is 12.1 Å². The first-order valence-corrected chi connectivity index (χ1v) is 11.0. The van der Waals surface area contributed by atoms with Gasteiger partial charge >= 0.3 is 5.97 Å². The molecule has 31 heavy (non-hydrogen) atoms. The number of carbonyl (C=O) groups excluding carboxylic acids is 1. The van der Waals surface area contributed by atoms with Crippen LogP contribution in [0.15, 0.2) is 40.8 Å². The smallest absolute Gasteiger partial charge is 0.306 e. The predicted molar refractivity (Wildman–Crippen MR) is 116 cm³/mol. The number of ether oxygens (including phenoxy) is 2. The summed E-state index contributed by atoms with van der Waals surface area (Å²) in [6.07, 6.45) is 4.46. The van der Waals surface area contributed by atoms with Gasteiger partial charge in [-0.25, -0.2) is 4.98 Å². The maximum atomic E-state index is 13.5. The molecule has 0 aliphatic heterocycles. The summed E-state index contributed by atoms with van der Waals surface area (Å²) in [5.74, 6) is 1.15. The number of rotatable bonds is 7. The number of pyridine rings is 1. The highest BCUT2D eigenvalue weighted by Crippen LogP contribution is 2.37. The molecule has 0 atom stereocenters. The van der Waals surface area contributed by atoms with Crippen molar-refractivity contribution in [2.45, 2.75) is 51.6 Å². The normalized spacial score (nSPS) is 18.8. The highest BCUT2D eigenvalue weighted by atomic mass is 35.5. The Morgan fingerprint density at radius 3 is 2.81 bits per heavy atom. The molecule has 1 fully saturated rings. The minimum absolute atomic E-state index is 0.104. The fraction of sp³-hybridized carbons (Fsp3) is 0.417. The molecular weight excluding hydrogens is 421 g/mol. The third-order valence-electron chi connectivity index (χ3n) is 5.83. The van der Waals surface area contributed by atoms with Crippen molar-refractivity contribution >= 4 is 28.5 Å². The van der Waals surface area contributed by atoms with Crippen LogP contribution in [0.25, 0.3) is 11.0 Å². The summed E-state index contributed by atoms with van der Waals surface area (Å²) in [5, 5.41) is 0.964. The summed E-state index contributed by atoms with van der Waals surface area (Å²) in [7, 11) is 0. The Hall–Kier alpha value is -2.60. The Balaban J connectivity index is 1.37. The number of nitrogens with zero attached hydrogens (tertiary/aromatic N) is 1. The first kappa shape index (κ1) is 21.6. The SMILES string of the molecule is CCOC(=O)CC1CCC(c2cccc(OCc3ccc(Cl)c4cc(F)oc34)n2)CC1. The number of carbonyl (C=O) groups is 1. The minimum Gasteiger partial charge on any atom is -0.473 e. The molecule has 1 aliphatic carbocycles. The van der Waals surface area contributed by atoms with E-state index in [2.05, 4.69) is 4.98 Å². The van der Waals surface area contributed by atoms with Crippen LogP contribution in [0.4, 0.5) is 4.39 Å². The van der Waals surface area contributed by atoms with Crippen LogP contribution in [-0.4, -0.2) is 17.6 Å². The number of aromatic nitrogens is 1. The van der Waals surface area contributed by atoms with E-state index in [1.165, 1.54) is 6.07 Å². The summed E-state index contributed by atoms with van der Waals surface area (Å²) in [6, 6.07) is 9.84. The summed E-state index contributed by atoms with van der Waals surface area (Å²) < 4.78 is 29.6. The molecule has 0 saturated heterocycles. The lowest BCUT2D eigenvalue weighted by Gasteiger charge is -2.27. The second kappa shape index (κ2) is 9.69. The largest absolute Gasteiger partial charge is 0.473 e. The Labute approximate surface area is 185 Å². The zero-order valence-electron chi connectivity index (χ0n) is 17.4. The van der Waals surface area contributed by atoms with Gasteiger partial charge in [0.2, 0.25) is 5.88 Å². The lowest BCUT2D eigenvalue weighted by atomic mass is 9.79. The van der Waals surface area contributed by atoms with E-state index < -0.39 is 6.01 Å². The molecule has 164 valence electrons. The van der Waals surface area contributed by atoms with Crippen molar-refractivity contribution in [3.05, 3.63) is 58.7 Å². The average Bonchev–Trinajstić information content (AvgIpc) is 3.17. The monoisotopic (exact) mass is 445 g/mol. The third-order valence-corrected chi connectivity index (χ3v) is 6.16. The molecule has 0 bridgehead atoms. The van der Waals surface area contributed by atoms with Crippen LogP contribution in [0.3, 0.4) is 0 Å². The predicted octanol–water partition coefficient (Wildman–Crippen LogP) is 6.43. The number of furan rings is 1. The van der Waals surface area contributed by atoms with E-state index in [9.17, 15) is 9.18 Å². The molecule has 0 amide bonds. The Morgan fingerprint density at radius 1 is 1.23 bits per heavy atom.